The molecule has 0 unspecified atom stereocenters. The summed E-state index contributed by atoms with van der Waals surface area (Å²) in [5.41, 5.74) is 1.05. The Labute approximate surface area is 181 Å². The highest BCUT2D eigenvalue weighted by molar-refractivity contribution is 8.01. The van der Waals surface area contributed by atoms with E-state index < -0.39 is 11.0 Å². The van der Waals surface area contributed by atoms with Gasteiger partial charge in [-0.15, -0.1) is 10.2 Å². The maximum absolute atomic E-state index is 12.1. The molecule has 2 aromatic carbocycles. The number of nitrogens with zero attached hydrogens (tertiary/aromatic N) is 5. The number of aromatic nitrogens is 4. The van der Waals surface area contributed by atoms with Crippen LogP contribution in [0.15, 0.2) is 58.2 Å². The molecule has 0 bridgehead atoms. The Morgan fingerprint density at radius 2 is 2.00 bits per heavy atom. The second kappa shape index (κ2) is 8.57. The van der Waals surface area contributed by atoms with Crippen LogP contribution < -0.4 is 10.6 Å². The number of hydrogen-bond acceptors (Lipinski definition) is 9. The van der Waals surface area contributed by atoms with E-state index in [1.165, 1.54) is 30.2 Å². The van der Waals surface area contributed by atoms with Crippen LogP contribution in [0.3, 0.4) is 0 Å². The van der Waals surface area contributed by atoms with Crippen LogP contribution in [0, 0.1) is 10.1 Å². The topological polar surface area (TPSA) is 136 Å². The highest BCUT2D eigenvalue weighted by Gasteiger charge is 2.15. The smallest absolute Gasteiger partial charge is 0.308 e. The minimum absolute atomic E-state index is 0.0588. The van der Waals surface area contributed by atoms with Gasteiger partial charge in [0.2, 0.25) is 5.13 Å². The zero-order valence-electron chi connectivity index (χ0n) is 14.8. The third-order valence-corrected chi connectivity index (χ3v) is 5.83. The molecule has 2 N–H and O–H groups in total. The summed E-state index contributed by atoms with van der Waals surface area (Å²) in [5.74, 6) is 0. The first kappa shape index (κ1) is 19.9. The number of nitro benzene ring substituents is 1. The summed E-state index contributed by atoms with van der Waals surface area (Å²) in [6.07, 6.45) is 1.37. The first-order valence-electron chi connectivity index (χ1n) is 8.22. The second-order valence-electron chi connectivity index (χ2n) is 5.70. The van der Waals surface area contributed by atoms with Crippen molar-refractivity contribution in [1.29, 1.82) is 0 Å². The van der Waals surface area contributed by atoms with Crippen LogP contribution in [0.5, 0.6) is 0 Å². The van der Waals surface area contributed by atoms with Crippen molar-refractivity contribution in [2.24, 2.45) is 0 Å². The SMILES string of the molecule is O=C(Nc1cccc(Cl)c1)Nc1nnc(Sc2ncnc3ccc([N+](=O)[O-])cc23)s1. The van der Waals surface area contributed by atoms with E-state index >= 15 is 0 Å². The average Bonchev–Trinajstić information content (AvgIpc) is 3.14. The zero-order valence-corrected chi connectivity index (χ0v) is 17.2. The number of carbonyl (C=O) groups excluding carboxylic acids is 1. The van der Waals surface area contributed by atoms with Crippen LogP contribution in [0.25, 0.3) is 10.9 Å². The van der Waals surface area contributed by atoms with Gasteiger partial charge in [-0.25, -0.2) is 14.8 Å². The van der Waals surface area contributed by atoms with E-state index in [1.54, 1.807) is 30.3 Å². The van der Waals surface area contributed by atoms with Crippen molar-refractivity contribution in [2.45, 2.75) is 9.37 Å². The number of halogens is 1. The molecule has 0 radical (unpaired) electrons. The highest BCUT2D eigenvalue weighted by atomic mass is 35.5. The van der Waals surface area contributed by atoms with Crippen molar-refractivity contribution < 1.29 is 9.72 Å². The zero-order chi connectivity index (χ0) is 21.1. The molecule has 0 aliphatic heterocycles. The maximum atomic E-state index is 12.1. The van der Waals surface area contributed by atoms with Crippen molar-refractivity contribution in [3.05, 3.63) is 63.9 Å². The molecule has 0 spiro atoms. The van der Waals surface area contributed by atoms with Gasteiger partial charge >= 0.3 is 6.03 Å². The third-order valence-electron chi connectivity index (χ3n) is 3.69. The fourth-order valence-electron chi connectivity index (χ4n) is 2.43. The molecular weight excluding hydrogens is 450 g/mol. The summed E-state index contributed by atoms with van der Waals surface area (Å²) >= 11 is 8.21. The monoisotopic (exact) mass is 459 g/mol. The molecule has 2 aromatic heterocycles. The summed E-state index contributed by atoms with van der Waals surface area (Å²) in [6, 6.07) is 10.6. The van der Waals surface area contributed by atoms with Crippen molar-refractivity contribution in [3.63, 3.8) is 0 Å². The lowest BCUT2D eigenvalue weighted by atomic mass is 10.2. The Hall–Kier alpha value is -3.35. The predicted molar refractivity (Wildman–Crippen MR) is 114 cm³/mol. The van der Waals surface area contributed by atoms with Gasteiger partial charge in [0.1, 0.15) is 11.4 Å². The molecule has 0 aliphatic rings. The molecule has 0 atom stereocenters. The number of nitro groups is 1. The van der Waals surface area contributed by atoms with Gasteiger partial charge in [0.25, 0.3) is 5.69 Å². The maximum Gasteiger partial charge on any atom is 0.325 e. The number of benzene rings is 2. The minimum atomic E-state index is -0.493. The van der Waals surface area contributed by atoms with Crippen molar-refractivity contribution in [3.8, 4) is 0 Å². The molecular formula is C17H10ClN7O3S2. The summed E-state index contributed by atoms with van der Waals surface area (Å²) in [4.78, 5) is 31.0. The van der Waals surface area contributed by atoms with Gasteiger partial charge in [-0.05, 0) is 36.0 Å². The molecule has 150 valence electrons. The summed E-state index contributed by atoms with van der Waals surface area (Å²) in [6.45, 7) is 0. The number of carbonyl (C=O) groups is 1. The Morgan fingerprint density at radius 3 is 2.80 bits per heavy atom. The number of rotatable bonds is 5. The van der Waals surface area contributed by atoms with Gasteiger partial charge < -0.3 is 5.32 Å². The van der Waals surface area contributed by atoms with Crippen LogP contribution in [-0.2, 0) is 0 Å². The Balaban J connectivity index is 1.49. The molecule has 2 amide bonds. The molecule has 4 rings (SSSR count). The molecule has 4 aromatic rings. The lowest BCUT2D eigenvalue weighted by molar-refractivity contribution is -0.384. The molecule has 0 aliphatic carbocycles. The number of amides is 2. The van der Waals surface area contributed by atoms with Gasteiger partial charge in [0.05, 0.1) is 10.4 Å². The van der Waals surface area contributed by atoms with E-state index in [2.05, 4.69) is 30.8 Å². The molecule has 0 fully saturated rings. The van der Waals surface area contributed by atoms with E-state index in [4.69, 9.17) is 11.6 Å². The number of urea groups is 1. The molecule has 0 saturated carbocycles. The van der Waals surface area contributed by atoms with E-state index in [0.29, 0.717) is 31.0 Å². The molecule has 30 heavy (non-hydrogen) atoms. The largest absolute Gasteiger partial charge is 0.325 e. The Morgan fingerprint density at radius 1 is 1.13 bits per heavy atom. The second-order valence-corrected chi connectivity index (χ2v) is 8.35. The highest BCUT2D eigenvalue weighted by Crippen LogP contribution is 2.35. The lowest BCUT2D eigenvalue weighted by Crippen LogP contribution is -2.19. The first-order chi connectivity index (χ1) is 14.5. The van der Waals surface area contributed by atoms with E-state index in [1.807, 2.05) is 0 Å². The molecule has 2 heterocycles. The van der Waals surface area contributed by atoms with Crippen molar-refractivity contribution in [1.82, 2.24) is 20.2 Å². The third kappa shape index (κ3) is 4.62. The van der Waals surface area contributed by atoms with Crippen LogP contribution in [0.1, 0.15) is 0 Å². The van der Waals surface area contributed by atoms with Crippen LogP contribution in [0.4, 0.5) is 21.3 Å². The standard InChI is InChI=1S/C17H10ClN7O3S2/c18-9-2-1-3-10(6-9)21-15(26)22-16-23-24-17(30-16)29-14-12-7-11(25(27)28)4-5-13(12)19-8-20-14/h1-8H,(H2,21,22,23,26). The van der Waals surface area contributed by atoms with Crippen LogP contribution in [-0.4, -0.2) is 31.1 Å². The van der Waals surface area contributed by atoms with Crippen molar-refractivity contribution in [2.75, 3.05) is 10.6 Å². The quantitative estimate of drug-likeness (QED) is 0.187. The number of nitrogens with one attached hydrogen (secondary N) is 2. The predicted octanol–water partition coefficient (Wildman–Crippen LogP) is 4.84. The lowest BCUT2D eigenvalue weighted by Gasteiger charge is -2.05. The Kier molecular flexibility index (Phi) is 5.70. The van der Waals surface area contributed by atoms with Gasteiger partial charge in [0, 0.05) is 28.2 Å². The number of fused-ring (bicyclic) bond motifs is 1. The normalized spacial score (nSPS) is 10.7. The fraction of sp³-hybridized carbons (Fsp3) is 0. The van der Waals surface area contributed by atoms with E-state index in [0.717, 1.165) is 11.3 Å². The van der Waals surface area contributed by atoms with Gasteiger partial charge in [0.15, 0.2) is 4.34 Å². The van der Waals surface area contributed by atoms with Crippen molar-refractivity contribution >= 4 is 68.1 Å². The first-order valence-corrected chi connectivity index (χ1v) is 10.2. The van der Waals surface area contributed by atoms with Gasteiger partial charge in [-0.3, -0.25) is 15.4 Å². The van der Waals surface area contributed by atoms with E-state index in [9.17, 15) is 14.9 Å². The summed E-state index contributed by atoms with van der Waals surface area (Å²) < 4.78 is 0.500. The van der Waals surface area contributed by atoms with E-state index in [-0.39, 0.29) is 10.8 Å². The molecule has 13 heteroatoms. The van der Waals surface area contributed by atoms with Gasteiger partial charge in [-0.2, -0.15) is 0 Å². The average molecular weight is 460 g/mol. The van der Waals surface area contributed by atoms with Crippen LogP contribution in [0.2, 0.25) is 5.02 Å². The number of non-ortho nitro benzene ring substituents is 1. The number of hydrogen-bond donors (Lipinski definition) is 2. The number of anilines is 2. The summed E-state index contributed by atoms with van der Waals surface area (Å²) in [7, 11) is 0. The molecule has 0 saturated heterocycles. The summed E-state index contributed by atoms with van der Waals surface area (Å²) in [5, 5.41) is 26.1. The Bertz CT molecular complexity index is 1270. The molecule has 10 nitrogen and oxygen atoms in total. The van der Waals surface area contributed by atoms with Crippen LogP contribution >= 0.6 is 34.7 Å². The fourth-order valence-corrected chi connectivity index (χ4v) is 4.35. The van der Waals surface area contributed by atoms with Gasteiger partial charge in [-0.1, -0.05) is 29.0 Å². The minimum Gasteiger partial charge on any atom is -0.308 e.